The predicted octanol–water partition coefficient (Wildman–Crippen LogP) is 0.858. The Kier molecular flexibility index (Phi) is 7.14. The lowest BCUT2D eigenvalue weighted by atomic mass is 9.76. The van der Waals surface area contributed by atoms with E-state index in [1.165, 1.54) is 10.1 Å². The van der Waals surface area contributed by atoms with Crippen molar-refractivity contribution in [3.05, 3.63) is 52.6 Å². The fourth-order valence-corrected chi connectivity index (χ4v) is 6.71. The number of nitrogens with zero attached hydrogens (tertiary/aromatic N) is 5. The Labute approximate surface area is 234 Å². The largest absolute Gasteiger partial charge is 0.354 e. The Bertz CT molecular complexity index is 1300. The molecule has 1 aromatic carbocycles. The van der Waals surface area contributed by atoms with Crippen LogP contribution >= 0.6 is 0 Å². The molecular weight excluding hydrogens is 508 g/mol. The molecule has 3 heterocycles. The van der Waals surface area contributed by atoms with Crippen molar-refractivity contribution in [2.75, 3.05) is 51.1 Å². The Hall–Kier alpha value is -3.28. The molecule has 4 aliphatic rings. The van der Waals surface area contributed by atoms with E-state index >= 15 is 0 Å². The zero-order chi connectivity index (χ0) is 28.0. The average molecular weight is 549 g/mol. The number of carbonyl (C=O) groups is 2. The van der Waals surface area contributed by atoms with Gasteiger partial charge in [0.1, 0.15) is 5.82 Å². The van der Waals surface area contributed by atoms with Crippen LogP contribution in [0, 0.1) is 17.8 Å². The van der Waals surface area contributed by atoms with Crippen molar-refractivity contribution < 1.29 is 9.59 Å². The minimum Gasteiger partial charge on any atom is -0.338 e. The molecule has 2 saturated carbocycles. The number of piperazine rings is 1. The molecule has 5 N–H and O–H groups in total. The van der Waals surface area contributed by atoms with Crippen LogP contribution in [0.2, 0.25) is 0 Å². The molecule has 0 bridgehead atoms. The number of fused-ring (bicyclic) bond motifs is 1. The number of carbonyl (C=O) groups excluding carboxylic acids is 2. The minimum atomic E-state index is -0.722. The lowest BCUT2D eigenvalue weighted by Gasteiger charge is -2.43. The van der Waals surface area contributed by atoms with Gasteiger partial charge in [-0.15, -0.1) is 0 Å². The van der Waals surface area contributed by atoms with Crippen LogP contribution in [-0.2, 0) is 11.2 Å². The van der Waals surface area contributed by atoms with Crippen LogP contribution in [0.3, 0.4) is 0 Å². The molecule has 11 nitrogen and oxygen atoms in total. The number of benzene rings is 1. The molecule has 0 radical (unpaired) electrons. The van der Waals surface area contributed by atoms with Crippen molar-refractivity contribution in [3.8, 4) is 5.69 Å². The molecule has 6 rings (SSSR count). The van der Waals surface area contributed by atoms with E-state index in [1.54, 1.807) is 22.1 Å². The van der Waals surface area contributed by atoms with E-state index < -0.39 is 11.2 Å². The SMILES string of the molecule is CC(Cc1ccc(-n2ccc(NC(=O)N3CCN(C(=O)C4(N)CCC4)CC3)nc2=O)cc1)N1C[C@@H]2C(CN)[C@@H]2C1. The summed E-state index contributed by atoms with van der Waals surface area (Å²) in [6, 6.07) is 9.75. The maximum atomic E-state index is 12.8. The number of nitrogens with two attached hydrogens (primary N) is 2. The number of amides is 3. The number of hydrogen-bond donors (Lipinski definition) is 3. The number of urea groups is 1. The summed E-state index contributed by atoms with van der Waals surface area (Å²) in [5.41, 5.74) is 12.8. The Morgan fingerprint density at radius 3 is 2.27 bits per heavy atom. The van der Waals surface area contributed by atoms with Crippen LogP contribution in [0.15, 0.2) is 41.3 Å². The van der Waals surface area contributed by atoms with E-state index in [0.717, 1.165) is 68.8 Å². The second kappa shape index (κ2) is 10.6. The quantitative estimate of drug-likeness (QED) is 0.466. The first kappa shape index (κ1) is 26.9. The first-order chi connectivity index (χ1) is 19.3. The van der Waals surface area contributed by atoms with Gasteiger partial charge >= 0.3 is 11.7 Å². The van der Waals surface area contributed by atoms with Crippen molar-refractivity contribution in [2.45, 2.75) is 44.2 Å². The monoisotopic (exact) mass is 548 g/mol. The number of rotatable bonds is 7. The fourth-order valence-electron chi connectivity index (χ4n) is 6.71. The summed E-state index contributed by atoms with van der Waals surface area (Å²) in [4.78, 5) is 48.2. The van der Waals surface area contributed by atoms with Crippen LogP contribution in [-0.4, -0.2) is 93.6 Å². The van der Waals surface area contributed by atoms with Gasteiger partial charge in [0.2, 0.25) is 5.91 Å². The van der Waals surface area contributed by atoms with Crippen molar-refractivity contribution in [1.82, 2.24) is 24.3 Å². The van der Waals surface area contributed by atoms with Gasteiger partial charge in [0, 0.05) is 51.5 Å². The van der Waals surface area contributed by atoms with Gasteiger partial charge < -0.3 is 21.3 Å². The van der Waals surface area contributed by atoms with E-state index in [-0.39, 0.29) is 17.8 Å². The molecule has 2 unspecified atom stereocenters. The summed E-state index contributed by atoms with van der Waals surface area (Å²) in [6.45, 7) is 7.11. The lowest BCUT2D eigenvalue weighted by molar-refractivity contribution is -0.141. The third-order valence-electron chi connectivity index (χ3n) is 9.61. The van der Waals surface area contributed by atoms with Gasteiger partial charge in [-0.3, -0.25) is 19.6 Å². The highest BCUT2D eigenvalue weighted by Crippen LogP contribution is 2.51. The van der Waals surface area contributed by atoms with Gasteiger partial charge in [-0.2, -0.15) is 4.98 Å². The molecule has 2 aliphatic carbocycles. The van der Waals surface area contributed by atoms with Gasteiger partial charge in [-0.25, -0.2) is 9.59 Å². The van der Waals surface area contributed by atoms with Crippen LogP contribution in [0.4, 0.5) is 10.6 Å². The third-order valence-corrected chi connectivity index (χ3v) is 9.61. The topological polar surface area (TPSA) is 143 Å². The summed E-state index contributed by atoms with van der Waals surface area (Å²) in [6.07, 6.45) is 5.02. The van der Waals surface area contributed by atoms with Crippen molar-refractivity contribution >= 4 is 17.8 Å². The van der Waals surface area contributed by atoms with Gasteiger partial charge in [-0.05, 0) is 80.7 Å². The normalized spacial score (nSPS) is 26.1. The zero-order valence-electron chi connectivity index (χ0n) is 23.2. The molecule has 2 saturated heterocycles. The Balaban J connectivity index is 1.00. The molecule has 2 aromatic rings. The number of hydrogen-bond acceptors (Lipinski definition) is 7. The molecule has 40 heavy (non-hydrogen) atoms. The van der Waals surface area contributed by atoms with Gasteiger partial charge in [0.25, 0.3) is 0 Å². The van der Waals surface area contributed by atoms with Crippen LogP contribution in [0.25, 0.3) is 5.69 Å². The summed E-state index contributed by atoms with van der Waals surface area (Å²) in [5, 5.41) is 2.72. The van der Waals surface area contributed by atoms with Crippen molar-refractivity contribution in [3.63, 3.8) is 0 Å². The standard InChI is InChI=1S/C29H40N8O3/c1-19(36-17-23-22(16-30)24(23)18-36)15-20-3-5-21(6-4-20)37-10-7-25(33-28(37)40)32-27(39)35-13-11-34(12-14-35)26(38)29(31)8-2-9-29/h3-7,10,19,22-24H,2,8-9,11-18,30-31H2,1H3,(H,32,33,39,40)/t19?,22?,23-,24+. The molecule has 11 heteroatoms. The van der Waals surface area contributed by atoms with Crippen LogP contribution < -0.4 is 22.5 Å². The molecule has 3 amide bonds. The van der Waals surface area contributed by atoms with Crippen LogP contribution in [0.1, 0.15) is 31.7 Å². The average Bonchev–Trinajstić information content (AvgIpc) is 3.41. The molecule has 4 fully saturated rings. The molecule has 1 aromatic heterocycles. The van der Waals surface area contributed by atoms with Crippen molar-refractivity contribution in [2.24, 2.45) is 29.2 Å². The molecular formula is C29H40N8O3. The smallest absolute Gasteiger partial charge is 0.338 e. The van der Waals surface area contributed by atoms with Gasteiger partial charge in [-0.1, -0.05) is 12.1 Å². The van der Waals surface area contributed by atoms with E-state index in [4.69, 9.17) is 11.5 Å². The van der Waals surface area contributed by atoms with E-state index in [9.17, 15) is 14.4 Å². The fraction of sp³-hybridized carbons (Fsp3) is 0.586. The second-order valence-corrected chi connectivity index (χ2v) is 12.1. The first-order valence-corrected chi connectivity index (χ1v) is 14.5. The van der Waals surface area contributed by atoms with E-state index in [0.29, 0.717) is 32.2 Å². The second-order valence-electron chi connectivity index (χ2n) is 12.1. The number of nitrogens with one attached hydrogen (secondary N) is 1. The molecule has 214 valence electrons. The van der Waals surface area contributed by atoms with Gasteiger partial charge in [0.15, 0.2) is 0 Å². The lowest BCUT2D eigenvalue weighted by Crippen LogP contribution is -2.63. The molecule has 0 spiro atoms. The summed E-state index contributed by atoms with van der Waals surface area (Å²) < 4.78 is 1.47. The number of aromatic nitrogens is 2. The maximum Gasteiger partial charge on any atom is 0.354 e. The Morgan fingerprint density at radius 2 is 1.70 bits per heavy atom. The zero-order valence-corrected chi connectivity index (χ0v) is 23.2. The number of likely N-dealkylation sites (tertiary alicyclic amines) is 1. The Morgan fingerprint density at radius 1 is 1.05 bits per heavy atom. The van der Waals surface area contributed by atoms with Crippen LogP contribution in [0.5, 0.6) is 0 Å². The first-order valence-electron chi connectivity index (χ1n) is 14.5. The highest BCUT2D eigenvalue weighted by Gasteiger charge is 2.55. The number of anilines is 1. The summed E-state index contributed by atoms with van der Waals surface area (Å²) in [5.74, 6) is 2.50. The van der Waals surface area contributed by atoms with Crippen molar-refractivity contribution in [1.29, 1.82) is 0 Å². The van der Waals surface area contributed by atoms with Gasteiger partial charge in [0.05, 0.1) is 11.2 Å². The molecule has 2 aliphatic heterocycles. The summed E-state index contributed by atoms with van der Waals surface area (Å²) in [7, 11) is 0. The highest BCUT2D eigenvalue weighted by atomic mass is 16.2. The summed E-state index contributed by atoms with van der Waals surface area (Å²) >= 11 is 0. The molecule has 4 atom stereocenters. The minimum absolute atomic E-state index is 0.0180. The third kappa shape index (κ3) is 5.13. The van der Waals surface area contributed by atoms with E-state index in [1.807, 2.05) is 12.1 Å². The highest BCUT2D eigenvalue weighted by molar-refractivity contribution is 5.89. The number of piperidine rings is 1. The maximum absolute atomic E-state index is 12.8. The predicted molar refractivity (Wildman–Crippen MR) is 152 cm³/mol. The van der Waals surface area contributed by atoms with E-state index in [2.05, 4.69) is 34.3 Å².